The molecule has 17 heavy (non-hydrogen) atoms. The molecule has 0 aliphatic rings. The average molecular weight is 350 g/mol. The van der Waals surface area contributed by atoms with Crippen molar-refractivity contribution in [2.75, 3.05) is 11.9 Å². The van der Waals surface area contributed by atoms with Gasteiger partial charge in [0.2, 0.25) is 0 Å². The van der Waals surface area contributed by atoms with E-state index >= 15 is 0 Å². The molecular weight excluding hydrogens is 335 g/mol. The maximum absolute atomic E-state index is 10.6. The lowest BCUT2D eigenvalue weighted by atomic mass is 10.00. The van der Waals surface area contributed by atoms with Gasteiger partial charge in [-0.15, -0.1) is 0 Å². The van der Waals surface area contributed by atoms with Crippen molar-refractivity contribution in [2.45, 2.75) is 25.8 Å². The minimum Gasteiger partial charge on any atom is -0.394 e. The van der Waals surface area contributed by atoms with Crippen molar-refractivity contribution in [1.82, 2.24) is 0 Å². The summed E-state index contributed by atoms with van der Waals surface area (Å²) in [6.45, 7) is 3.89. The third-order valence-electron chi connectivity index (χ3n) is 2.73. The van der Waals surface area contributed by atoms with Crippen LogP contribution in [0.3, 0.4) is 0 Å². The lowest BCUT2D eigenvalue weighted by molar-refractivity contribution is -0.384. The van der Waals surface area contributed by atoms with Crippen LogP contribution in [0.2, 0.25) is 0 Å². The van der Waals surface area contributed by atoms with Crippen molar-refractivity contribution in [3.8, 4) is 0 Å². The quantitative estimate of drug-likeness (QED) is 0.487. The highest BCUT2D eigenvalue weighted by molar-refractivity contribution is 14.1. The zero-order chi connectivity index (χ0) is 13.1. The van der Waals surface area contributed by atoms with Crippen molar-refractivity contribution in [2.24, 2.45) is 0 Å². The van der Waals surface area contributed by atoms with Crippen molar-refractivity contribution >= 4 is 34.0 Å². The molecule has 0 saturated carbocycles. The van der Waals surface area contributed by atoms with Gasteiger partial charge in [-0.05, 0) is 42.0 Å². The van der Waals surface area contributed by atoms with Gasteiger partial charge < -0.3 is 10.4 Å². The third kappa shape index (κ3) is 3.53. The van der Waals surface area contributed by atoms with E-state index in [1.807, 2.05) is 36.4 Å². The number of halogens is 1. The molecule has 0 bridgehead atoms. The number of anilines is 1. The van der Waals surface area contributed by atoms with E-state index in [0.717, 1.165) is 15.7 Å². The van der Waals surface area contributed by atoms with Gasteiger partial charge >= 0.3 is 0 Å². The smallest absolute Gasteiger partial charge is 0.270 e. The molecule has 0 radical (unpaired) electrons. The number of nitrogens with zero attached hydrogens (tertiary/aromatic N) is 1. The Labute approximate surface area is 114 Å². The highest BCUT2D eigenvalue weighted by Gasteiger charge is 2.21. The minimum absolute atomic E-state index is 0.0105. The minimum atomic E-state index is -0.420. The molecule has 0 aliphatic heterocycles. The fraction of sp³-hybridized carbons (Fsp3) is 0.455. The Morgan fingerprint density at radius 2 is 2.24 bits per heavy atom. The van der Waals surface area contributed by atoms with E-state index in [1.54, 1.807) is 6.07 Å². The third-order valence-corrected chi connectivity index (χ3v) is 3.62. The summed E-state index contributed by atoms with van der Waals surface area (Å²) >= 11 is 2.04. The number of nitro benzene ring substituents is 1. The summed E-state index contributed by atoms with van der Waals surface area (Å²) in [6, 6.07) is 4.64. The molecule has 94 valence electrons. The lowest BCUT2D eigenvalue weighted by Gasteiger charge is -2.29. The fourth-order valence-corrected chi connectivity index (χ4v) is 1.92. The van der Waals surface area contributed by atoms with Crippen LogP contribution in [-0.4, -0.2) is 22.2 Å². The number of aliphatic hydroxyl groups is 1. The standard InChI is InChI=1S/C11H15IN2O3/c1-3-11(2,7-15)13-10-5-4-8(14(16)17)6-9(10)12/h4-6,13,15H,3,7H2,1-2H3. The Morgan fingerprint density at radius 3 is 2.65 bits per heavy atom. The van der Waals surface area contributed by atoms with Crippen LogP contribution in [-0.2, 0) is 0 Å². The van der Waals surface area contributed by atoms with E-state index < -0.39 is 10.5 Å². The maximum atomic E-state index is 10.6. The van der Waals surface area contributed by atoms with Gasteiger partial charge in [0.15, 0.2) is 0 Å². The molecule has 1 aromatic carbocycles. The number of nitrogens with one attached hydrogen (secondary N) is 1. The summed E-state index contributed by atoms with van der Waals surface area (Å²) in [7, 11) is 0. The van der Waals surface area contributed by atoms with E-state index in [9.17, 15) is 15.2 Å². The van der Waals surface area contributed by atoms with Gasteiger partial charge in [0.25, 0.3) is 5.69 Å². The summed E-state index contributed by atoms with van der Waals surface area (Å²) < 4.78 is 0.768. The molecule has 0 saturated heterocycles. The topological polar surface area (TPSA) is 75.4 Å². The molecule has 0 spiro atoms. The molecule has 0 heterocycles. The van der Waals surface area contributed by atoms with Crippen LogP contribution in [0.25, 0.3) is 0 Å². The van der Waals surface area contributed by atoms with Crippen molar-refractivity contribution in [1.29, 1.82) is 0 Å². The largest absolute Gasteiger partial charge is 0.394 e. The van der Waals surface area contributed by atoms with Crippen LogP contribution in [0, 0.1) is 13.7 Å². The molecule has 1 atom stereocenters. The van der Waals surface area contributed by atoms with E-state index in [0.29, 0.717) is 0 Å². The maximum Gasteiger partial charge on any atom is 0.270 e. The zero-order valence-corrected chi connectivity index (χ0v) is 11.9. The molecule has 1 rings (SSSR count). The van der Waals surface area contributed by atoms with E-state index in [4.69, 9.17) is 0 Å². The second-order valence-corrected chi connectivity index (χ2v) is 5.28. The van der Waals surface area contributed by atoms with Crippen molar-refractivity contribution in [3.05, 3.63) is 31.9 Å². The monoisotopic (exact) mass is 350 g/mol. The van der Waals surface area contributed by atoms with Gasteiger partial charge in [-0.3, -0.25) is 10.1 Å². The van der Waals surface area contributed by atoms with Crippen LogP contribution in [0.5, 0.6) is 0 Å². The molecule has 2 N–H and O–H groups in total. The van der Waals surface area contributed by atoms with Gasteiger partial charge in [0.1, 0.15) is 0 Å². The number of non-ortho nitro benzene ring substituents is 1. The molecule has 1 aromatic rings. The fourth-order valence-electron chi connectivity index (χ4n) is 1.28. The Hall–Kier alpha value is -0.890. The van der Waals surface area contributed by atoms with E-state index in [2.05, 4.69) is 5.32 Å². The predicted molar refractivity (Wildman–Crippen MR) is 75.2 cm³/mol. The molecule has 1 unspecified atom stereocenters. The van der Waals surface area contributed by atoms with Gasteiger partial charge in [-0.1, -0.05) is 6.92 Å². The van der Waals surface area contributed by atoms with Crippen LogP contribution in [0.15, 0.2) is 18.2 Å². The highest BCUT2D eigenvalue weighted by atomic mass is 127. The number of aliphatic hydroxyl groups excluding tert-OH is 1. The molecule has 6 heteroatoms. The molecule has 0 aromatic heterocycles. The van der Waals surface area contributed by atoms with Crippen molar-refractivity contribution in [3.63, 3.8) is 0 Å². The number of nitro groups is 1. The normalized spacial score (nSPS) is 14.1. The molecule has 0 aliphatic carbocycles. The average Bonchev–Trinajstić information content (AvgIpc) is 2.31. The number of hydrogen-bond acceptors (Lipinski definition) is 4. The van der Waals surface area contributed by atoms with Crippen molar-refractivity contribution < 1.29 is 10.0 Å². The predicted octanol–water partition coefficient (Wildman–Crippen LogP) is 2.77. The summed E-state index contributed by atoms with van der Waals surface area (Å²) in [6.07, 6.45) is 0.760. The lowest BCUT2D eigenvalue weighted by Crippen LogP contribution is -2.38. The number of hydrogen-bond donors (Lipinski definition) is 2. The van der Waals surface area contributed by atoms with Crippen LogP contribution in [0.4, 0.5) is 11.4 Å². The molecule has 5 nitrogen and oxygen atoms in total. The molecule has 0 amide bonds. The SMILES string of the molecule is CCC(C)(CO)Nc1ccc([N+](=O)[O-])cc1I. The summed E-state index contributed by atoms with van der Waals surface area (Å²) in [5.41, 5.74) is 0.465. The van der Waals surface area contributed by atoms with Crippen LogP contribution < -0.4 is 5.32 Å². The van der Waals surface area contributed by atoms with E-state index in [-0.39, 0.29) is 12.3 Å². The van der Waals surface area contributed by atoms with E-state index in [1.165, 1.54) is 12.1 Å². The highest BCUT2D eigenvalue weighted by Crippen LogP contribution is 2.27. The van der Waals surface area contributed by atoms with Gasteiger partial charge in [-0.25, -0.2) is 0 Å². The van der Waals surface area contributed by atoms with Gasteiger partial charge in [-0.2, -0.15) is 0 Å². The number of rotatable bonds is 5. The van der Waals surface area contributed by atoms with Gasteiger partial charge in [0.05, 0.1) is 17.1 Å². The number of benzene rings is 1. The Bertz CT molecular complexity index is 419. The molecule has 0 fully saturated rings. The Morgan fingerprint density at radius 1 is 1.59 bits per heavy atom. The first-order valence-electron chi connectivity index (χ1n) is 5.25. The summed E-state index contributed by atoms with van der Waals surface area (Å²) in [5, 5.41) is 23.1. The first-order chi connectivity index (χ1) is 7.91. The summed E-state index contributed by atoms with van der Waals surface area (Å²) in [4.78, 5) is 10.2. The van der Waals surface area contributed by atoms with Crippen LogP contribution >= 0.6 is 22.6 Å². The summed E-state index contributed by atoms with van der Waals surface area (Å²) in [5.74, 6) is 0. The Balaban J connectivity index is 2.97. The van der Waals surface area contributed by atoms with Crippen LogP contribution in [0.1, 0.15) is 20.3 Å². The molecular formula is C11H15IN2O3. The van der Waals surface area contributed by atoms with Gasteiger partial charge in [0, 0.05) is 21.4 Å². The Kier molecular flexibility index (Phi) is 4.70. The first-order valence-corrected chi connectivity index (χ1v) is 6.32. The first kappa shape index (κ1) is 14.2. The second kappa shape index (κ2) is 5.63. The second-order valence-electron chi connectivity index (χ2n) is 4.12. The zero-order valence-electron chi connectivity index (χ0n) is 9.74.